The quantitative estimate of drug-likeness (QED) is 0.706. The van der Waals surface area contributed by atoms with E-state index >= 15 is 0 Å². The van der Waals surface area contributed by atoms with Crippen LogP contribution in [0.2, 0.25) is 0 Å². The Kier molecular flexibility index (Phi) is 4.63. The number of aliphatic hydroxyl groups is 1. The highest BCUT2D eigenvalue weighted by molar-refractivity contribution is 7.99. The number of hydrogen-bond acceptors (Lipinski definition) is 3. The van der Waals surface area contributed by atoms with Gasteiger partial charge in [-0.05, 0) is 20.1 Å². The highest BCUT2D eigenvalue weighted by Crippen LogP contribution is 2.12. The van der Waals surface area contributed by atoms with Crippen LogP contribution in [-0.2, 0) is 4.79 Å². The fourth-order valence-corrected chi connectivity index (χ4v) is 1.10. The number of carbonyl (C=O) groups is 1. The molecule has 0 atom stereocenters. The summed E-state index contributed by atoms with van der Waals surface area (Å²) in [5.74, 6) is 0.529. The standard InChI is InChI=1S/C8H17NO2S/c1-8(2,6-10)9(3)7(11)5-12-4/h10H,5-6H2,1-4H3. The third-order valence-electron chi connectivity index (χ3n) is 1.94. The summed E-state index contributed by atoms with van der Waals surface area (Å²) in [6.07, 6.45) is 1.89. The van der Waals surface area contributed by atoms with Crippen molar-refractivity contribution in [3.05, 3.63) is 0 Å². The van der Waals surface area contributed by atoms with Crippen molar-refractivity contribution < 1.29 is 9.90 Å². The zero-order valence-electron chi connectivity index (χ0n) is 8.13. The van der Waals surface area contributed by atoms with Crippen molar-refractivity contribution in [3.8, 4) is 0 Å². The van der Waals surface area contributed by atoms with E-state index in [9.17, 15) is 4.79 Å². The number of nitrogens with zero attached hydrogens (tertiary/aromatic N) is 1. The fourth-order valence-electron chi connectivity index (χ4n) is 0.664. The maximum atomic E-state index is 11.3. The molecule has 0 radical (unpaired) electrons. The second-order valence-corrected chi connectivity index (χ2v) is 4.22. The molecule has 1 amide bonds. The number of thioether (sulfide) groups is 1. The number of aliphatic hydroxyl groups excluding tert-OH is 1. The van der Waals surface area contributed by atoms with E-state index in [0.717, 1.165) is 0 Å². The lowest BCUT2D eigenvalue weighted by Gasteiger charge is -2.33. The number of amides is 1. The van der Waals surface area contributed by atoms with Gasteiger partial charge in [-0.1, -0.05) is 0 Å². The first-order valence-corrected chi connectivity index (χ1v) is 5.21. The zero-order valence-corrected chi connectivity index (χ0v) is 8.94. The molecule has 72 valence electrons. The van der Waals surface area contributed by atoms with E-state index in [1.807, 2.05) is 20.1 Å². The van der Waals surface area contributed by atoms with Crippen molar-refractivity contribution in [3.63, 3.8) is 0 Å². The van der Waals surface area contributed by atoms with Gasteiger partial charge in [0.25, 0.3) is 0 Å². The molecule has 1 N–H and O–H groups in total. The van der Waals surface area contributed by atoms with Crippen LogP contribution in [0.1, 0.15) is 13.8 Å². The van der Waals surface area contributed by atoms with Gasteiger partial charge in [0, 0.05) is 7.05 Å². The number of rotatable bonds is 4. The minimum absolute atomic E-state index is 0.0103. The van der Waals surface area contributed by atoms with Gasteiger partial charge in [-0.15, -0.1) is 0 Å². The molecule has 0 saturated heterocycles. The molecule has 0 unspecified atom stereocenters. The minimum Gasteiger partial charge on any atom is -0.394 e. The smallest absolute Gasteiger partial charge is 0.232 e. The summed E-state index contributed by atoms with van der Waals surface area (Å²) in [6.45, 7) is 3.67. The average molecular weight is 191 g/mol. The predicted octanol–water partition coefficient (Wildman–Crippen LogP) is 0.579. The van der Waals surface area contributed by atoms with Gasteiger partial charge < -0.3 is 10.0 Å². The number of carbonyl (C=O) groups excluding carboxylic acids is 1. The summed E-state index contributed by atoms with van der Waals surface area (Å²) < 4.78 is 0. The Morgan fingerprint density at radius 2 is 2.08 bits per heavy atom. The third-order valence-corrected chi connectivity index (χ3v) is 2.47. The van der Waals surface area contributed by atoms with Gasteiger partial charge in [-0.25, -0.2) is 0 Å². The van der Waals surface area contributed by atoms with Crippen molar-refractivity contribution >= 4 is 17.7 Å². The van der Waals surface area contributed by atoms with Crippen molar-refractivity contribution in [2.45, 2.75) is 19.4 Å². The van der Waals surface area contributed by atoms with Crippen molar-refractivity contribution in [1.29, 1.82) is 0 Å². The SMILES string of the molecule is CSCC(=O)N(C)C(C)(C)CO. The molecule has 0 aliphatic heterocycles. The Morgan fingerprint density at radius 3 is 2.42 bits per heavy atom. The zero-order chi connectivity index (χ0) is 9.78. The summed E-state index contributed by atoms with van der Waals surface area (Å²) in [6, 6.07) is 0. The summed E-state index contributed by atoms with van der Waals surface area (Å²) in [5.41, 5.74) is -0.452. The van der Waals surface area contributed by atoms with E-state index in [1.54, 1.807) is 11.9 Å². The van der Waals surface area contributed by atoms with Crippen molar-refractivity contribution in [1.82, 2.24) is 4.90 Å². The molecule has 4 heteroatoms. The first kappa shape index (κ1) is 11.8. The topological polar surface area (TPSA) is 40.5 Å². The van der Waals surface area contributed by atoms with Crippen molar-refractivity contribution in [2.24, 2.45) is 0 Å². The molecular weight excluding hydrogens is 174 g/mol. The van der Waals surface area contributed by atoms with Crippen LogP contribution in [0.15, 0.2) is 0 Å². The van der Waals surface area contributed by atoms with E-state index in [1.165, 1.54) is 11.8 Å². The number of hydrogen-bond donors (Lipinski definition) is 1. The third kappa shape index (κ3) is 3.03. The van der Waals surface area contributed by atoms with Gasteiger partial charge in [0.2, 0.25) is 5.91 Å². The average Bonchev–Trinajstić information content (AvgIpc) is 2.03. The molecule has 0 heterocycles. The van der Waals surface area contributed by atoms with Crippen LogP contribution < -0.4 is 0 Å². The molecule has 0 aromatic heterocycles. The van der Waals surface area contributed by atoms with Crippen LogP contribution in [0.4, 0.5) is 0 Å². The maximum Gasteiger partial charge on any atom is 0.232 e. The number of likely N-dealkylation sites (N-methyl/N-ethyl adjacent to an activating group) is 1. The largest absolute Gasteiger partial charge is 0.394 e. The van der Waals surface area contributed by atoms with E-state index < -0.39 is 5.54 Å². The lowest BCUT2D eigenvalue weighted by molar-refractivity contribution is -0.133. The lowest BCUT2D eigenvalue weighted by atomic mass is 10.1. The van der Waals surface area contributed by atoms with Crippen LogP contribution >= 0.6 is 11.8 Å². The summed E-state index contributed by atoms with van der Waals surface area (Å²) in [5, 5.41) is 8.98. The summed E-state index contributed by atoms with van der Waals surface area (Å²) in [4.78, 5) is 12.9. The molecule has 0 aliphatic rings. The first-order chi connectivity index (χ1) is 5.45. The molecule has 0 aromatic rings. The maximum absolute atomic E-state index is 11.3. The Bertz CT molecular complexity index is 159. The van der Waals surface area contributed by atoms with Crippen LogP contribution in [-0.4, -0.2) is 47.1 Å². The summed E-state index contributed by atoms with van der Waals surface area (Å²) >= 11 is 1.49. The Balaban J connectivity index is 4.17. The van der Waals surface area contributed by atoms with Crippen molar-refractivity contribution in [2.75, 3.05) is 25.7 Å². The first-order valence-electron chi connectivity index (χ1n) is 3.82. The fraction of sp³-hybridized carbons (Fsp3) is 0.875. The van der Waals surface area contributed by atoms with Gasteiger partial charge in [-0.3, -0.25) is 4.79 Å². The highest BCUT2D eigenvalue weighted by atomic mass is 32.2. The van der Waals surface area contributed by atoms with Gasteiger partial charge in [-0.2, -0.15) is 11.8 Å². The van der Waals surface area contributed by atoms with Gasteiger partial charge in [0.05, 0.1) is 17.9 Å². The van der Waals surface area contributed by atoms with Crippen LogP contribution in [0.5, 0.6) is 0 Å². The monoisotopic (exact) mass is 191 g/mol. The van der Waals surface area contributed by atoms with Crippen LogP contribution in [0.25, 0.3) is 0 Å². The predicted molar refractivity (Wildman–Crippen MR) is 52.3 cm³/mol. The molecular formula is C8H17NO2S. The van der Waals surface area contributed by atoms with Gasteiger partial charge in [0.15, 0.2) is 0 Å². The highest BCUT2D eigenvalue weighted by Gasteiger charge is 2.25. The molecule has 12 heavy (non-hydrogen) atoms. The molecule has 0 rings (SSSR count). The van der Waals surface area contributed by atoms with E-state index in [4.69, 9.17) is 5.11 Å². The molecule has 0 aromatic carbocycles. The molecule has 0 fully saturated rings. The van der Waals surface area contributed by atoms with Gasteiger partial charge in [0.1, 0.15) is 0 Å². The van der Waals surface area contributed by atoms with E-state index in [-0.39, 0.29) is 12.5 Å². The minimum atomic E-state index is -0.452. The Labute approximate surface area is 78.1 Å². The normalized spacial score (nSPS) is 11.4. The molecule has 0 spiro atoms. The molecule has 3 nitrogen and oxygen atoms in total. The van der Waals surface area contributed by atoms with Crippen LogP contribution in [0, 0.1) is 0 Å². The van der Waals surface area contributed by atoms with E-state index in [2.05, 4.69) is 0 Å². The second-order valence-electron chi connectivity index (χ2n) is 3.36. The molecule has 0 saturated carbocycles. The van der Waals surface area contributed by atoms with E-state index in [0.29, 0.717) is 5.75 Å². The Hall–Kier alpha value is -0.220. The van der Waals surface area contributed by atoms with Gasteiger partial charge >= 0.3 is 0 Å². The molecule has 0 bridgehead atoms. The molecule has 0 aliphatic carbocycles. The lowest BCUT2D eigenvalue weighted by Crippen LogP contribution is -2.48. The second kappa shape index (κ2) is 4.72. The van der Waals surface area contributed by atoms with Crippen LogP contribution in [0.3, 0.4) is 0 Å². The Morgan fingerprint density at radius 1 is 1.58 bits per heavy atom. The summed E-state index contributed by atoms with van der Waals surface area (Å²) in [7, 11) is 1.72.